The van der Waals surface area contributed by atoms with Gasteiger partial charge in [0, 0.05) is 26.1 Å². The van der Waals surface area contributed by atoms with Gasteiger partial charge >= 0.3 is 6.03 Å². The highest BCUT2D eigenvalue weighted by atomic mass is 35.5. The highest BCUT2D eigenvalue weighted by molar-refractivity contribution is 5.85. The van der Waals surface area contributed by atoms with E-state index in [2.05, 4.69) is 12.2 Å². The summed E-state index contributed by atoms with van der Waals surface area (Å²) in [5.74, 6) is 5.91. The Hall–Kier alpha value is -1.79. The second-order valence-electron chi connectivity index (χ2n) is 6.17. The molecule has 0 aromatic heterocycles. The Morgan fingerprint density at radius 1 is 1.25 bits per heavy atom. The van der Waals surface area contributed by atoms with E-state index in [9.17, 15) is 9.59 Å². The van der Waals surface area contributed by atoms with E-state index in [0.717, 1.165) is 30.5 Å². The molecule has 1 unspecified atom stereocenters. The molecule has 1 fully saturated rings. The van der Waals surface area contributed by atoms with Gasteiger partial charge in [0.1, 0.15) is 0 Å². The lowest BCUT2D eigenvalue weighted by atomic mass is 10.0. The Morgan fingerprint density at radius 3 is 2.46 bits per heavy atom. The molecule has 0 spiro atoms. The molecule has 3 N–H and O–H groups in total. The van der Waals surface area contributed by atoms with Gasteiger partial charge in [0.25, 0.3) is 0 Å². The predicted octanol–water partition coefficient (Wildman–Crippen LogP) is 2.41. The lowest BCUT2D eigenvalue weighted by Crippen LogP contribution is -2.51. The van der Waals surface area contributed by atoms with E-state index in [-0.39, 0.29) is 30.4 Å². The summed E-state index contributed by atoms with van der Waals surface area (Å²) in [4.78, 5) is 25.2. The Bertz CT molecular complexity index is 550. The quantitative estimate of drug-likeness (QED) is 0.495. The highest BCUT2D eigenvalue weighted by Gasteiger charge is 2.26. The second kappa shape index (κ2) is 9.49. The summed E-state index contributed by atoms with van der Waals surface area (Å²) in [7, 11) is 0. The van der Waals surface area contributed by atoms with Crippen molar-refractivity contribution in [3.63, 3.8) is 0 Å². The molecule has 0 saturated carbocycles. The van der Waals surface area contributed by atoms with Gasteiger partial charge in [-0.2, -0.15) is 0 Å². The van der Waals surface area contributed by atoms with Crippen LogP contribution < -0.4 is 11.2 Å². The zero-order valence-corrected chi connectivity index (χ0v) is 15.1. The number of amides is 3. The third kappa shape index (κ3) is 5.69. The van der Waals surface area contributed by atoms with Gasteiger partial charge in [0.15, 0.2) is 0 Å². The third-order valence-electron chi connectivity index (χ3n) is 4.21. The molecular weight excluding hydrogens is 328 g/mol. The van der Waals surface area contributed by atoms with Crippen LogP contribution in [0, 0.1) is 0 Å². The fourth-order valence-corrected chi connectivity index (χ4v) is 2.80. The first kappa shape index (κ1) is 20.3. The van der Waals surface area contributed by atoms with E-state index in [1.54, 1.807) is 0 Å². The van der Waals surface area contributed by atoms with Crippen LogP contribution in [0.25, 0.3) is 0 Å². The number of nitrogens with two attached hydrogens (primary N) is 1. The van der Waals surface area contributed by atoms with Crippen molar-refractivity contribution in [1.29, 1.82) is 0 Å². The van der Waals surface area contributed by atoms with E-state index >= 15 is 0 Å². The number of carbonyl (C=O) groups is 2. The normalized spacial score (nSPS) is 17.0. The zero-order valence-electron chi connectivity index (χ0n) is 14.3. The summed E-state index contributed by atoms with van der Waals surface area (Å²) in [6, 6.07) is 7.88. The molecule has 134 valence electrons. The van der Waals surface area contributed by atoms with Crippen LogP contribution in [0.3, 0.4) is 0 Å². The standard InChI is InChI=1S/C17H26N4O2.ClH/c1-13-5-3-4-10-20(13)17(23)21(18)12-16-8-6-15(7-9-16)11-19-14(2)22;/h6-9,13H,3-5,10-12,18H2,1-2H3,(H,19,22);1H. The van der Waals surface area contributed by atoms with Gasteiger partial charge in [0.2, 0.25) is 5.91 Å². The maximum Gasteiger partial charge on any atom is 0.334 e. The van der Waals surface area contributed by atoms with Crippen LogP contribution in [0.4, 0.5) is 4.79 Å². The van der Waals surface area contributed by atoms with Crippen molar-refractivity contribution >= 4 is 24.3 Å². The van der Waals surface area contributed by atoms with Gasteiger partial charge in [0.05, 0.1) is 6.54 Å². The number of nitrogens with one attached hydrogen (secondary N) is 1. The summed E-state index contributed by atoms with van der Waals surface area (Å²) in [5.41, 5.74) is 1.99. The minimum absolute atomic E-state index is 0. The van der Waals surface area contributed by atoms with Crippen molar-refractivity contribution in [3.8, 4) is 0 Å². The monoisotopic (exact) mass is 354 g/mol. The van der Waals surface area contributed by atoms with Crippen molar-refractivity contribution in [2.75, 3.05) is 6.54 Å². The van der Waals surface area contributed by atoms with Crippen LogP contribution in [0.2, 0.25) is 0 Å². The van der Waals surface area contributed by atoms with Gasteiger partial charge in [-0.1, -0.05) is 24.3 Å². The molecule has 1 aromatic rings. The SMILES string of the molecule is CC(=O)NCc1ccc(CN(N)C(=O)N2CCCCC2C)cc1.Cl. The average Bonchev–Trinajstić information content (AvgIpc) is 2.54. The fourth-order valence-electron chi connectivity index (χ4n) is 2.80. The number of hydrazine groups is 1. The maximum atomic E-state index is 12.4. The molecule has 1 atom stereocenters. The number of hydrogen-bond donors (Lipinski definition) is 2. The number of carbonyl (C=O) groups excluding carboxylic acids is 2. The largest absolute Gasteiger partial charge is 0.352 e. The Labute approximate surface area is 149 Å². The van der Waals surface area contributed by atoms with Crippen LogP contribution >= 0.6 is 12.4 Å². The summed E-state index contributed by atoms with van der Waals surface area (Å²) >= 11 is 0. The van der Waals surface area contributed by atoms with Crippen molar-refractivity contribution in [3.05, 3.63) is 35.4 Å². The third-order valence-corrected chi connectivity index (χ3v) is 4.21. The Balaban J connectivity index is 0.00000288. The Morgan fingerprint density at radius 2 is 1.88 bits per heavy atom. The van der Waals surface area contributed by atoms with Crippen LogP contribution in [0.5, 0.6) is 0 Å². The van der Waals surface area contributed by atoms with Crippen LogP contribution in [-0.2, 0) is 17.9 Å². The zero-order chi connectivity index (χ0) is 16.8. The van der Waals surface area contributed by atoms with E-state index in [1.165, 1.54) is 18.4 Å². The van der Waals surface area contributed by atoms with Crippen molar-refractivity contribution < 1.29 is 9.59 Å². The number of benzene rings is 1. The average molecular weight is 355 g/mol. The summed E-state index contributed by atoms with van der Waals surface area (Å²) in [6.07, 6.45) is 3.25. The van der Waals surface area contributed by atoms with Crippen LogP contribution in [0.1, 0.15) is 44.2 Å². The molecule has 24 heavy (non-hydrogen) atoms. The minimum Gasteiger partial charge on any atom is -0.352 e. The molecule has 1 aliphatic heterocycles. The van der Waals surface area contributed by atoms with E-state index < -0.39 is 0 Å². The number of halogens is 1. The molecule has 7 heteroatoms. The molecule has 2 rings (SSSR count). The lowest BCUT2D eigenvalue weighted by Gasteiger charge is -2.35. The molecular formula is C17H27ClN4O2. The van der Waals surface area contributed by atoms with E-state index in [1.807, 2.05) is 29.2 Å². The number of piperidine rings is 1. The van der Waals surface area contributed by atoms with Gasteiger partial charge in [-0.25, -0.2) is 10.6 Å². The summed E-state index contributed by atoms with van der Waals surface area (Å²) < 4.78 is 0. The number of urea groups is 1. The first-order valence-electron chi connectivity index (χ1n) is 8.12. The van der Waals surface area contributed by atoms with E-state index in [0.29, 0.717) is 13.1 Å². The second-order valence-corrected chi connectivity index (χ2v) is 6.17. The van der Waals surface area contributed by atoms with Crippen LogP contribution in [0.15, 0.2) is 24.3 Å². The van der Waals surface area contributed by atoms with Gasteiger partial charge in [-0.3, -0.25) is 9.80 Å². The first-order chi connectivity index (χ1) is 11.0. The predicted molar refractivity (Wildman–Crippen MR) is 96.4 cm³/mol. The molecule has 1 aliphatic rings. The minimum atomic E-state index is -0.112. The van der Waals surface area contributed by atoms with Gasteiger partial charge in [-0.15, -0.1) is 12.4 Å². The van der Waals surface area contributed by atoms with Crippen molar-refractivity contribution in [2.24, 2.45) is 5.84 Å². The number of likely N-dealkylation sites (tertiary alicyclic amines) is 1. The van der Waals surface area contributed by atoms with Crippen molar-refractivity contribution in [1.82, 2.24) is 15.2 Å². The molecule has 0 bridgehead atoms. The Kier molecular flexibility index (Phi) is 8.01. The smallest absolute Gasteiger partial charge is 0.334 e. The summed E-state index contributed by atoms with van der Waals surface area (Å²) in [5, 5.41) is 4.04. The molecule has 6 nitrogen and oxygen atoms in total. The molecule has 1 heterocycles. The van der Waals surface area contributed by atoms with E-state index in [4.69, 9.17) is 5.84 Å². The lowest BCUT2D eigenvalue weighted by molar-refractivity contribution is -0.119. The topological polar surface area (TPSA) is 78.7 Å². The van der Waals surface area contributed by atoms with Crippen LogP contribution in [-0.4, -0.2) is 34.4 Å². The van der Waals surface area contributed by atoms with Gasteiger partial charge < -0.3 is 10.2 Å². The number of hydrogen-bond acceptors (Lipinski definition) is 3. The molecule has 0 radical (unpaired) electrons. The fraction of sp³-hybridized carbons (Fsp3) is 0.529. The van der Waals surface area contributed by atoms with Gasteiger partial charge in [-0.05, 0) is 37.3 Å². The highest BCUT2D eigenvalue weighted by Crippen LogP contribution is 2.18. The molecule has 0 aliphatic carbocycles. The maximum absolute atomic E-state index is 12.4. The van der Waals surface area contributed by atoms with Crippen molar-refractivity contribution in [2.45, 2.75) is 52.2 Å². The molecule has 3 amide bonds. The molecule has 1 saturated heterocycles. The molecule has 1 aromatic carbocycles. The number of rotatable bonds is 4. The summed E-state index contributed by atoms with van der Waals surface area (Å²) in [6.45, 7) is 5.23. The first-order valence-corrected chi connectivity index (χ1v) is 8.12. The number of nitrogens with zero attached hydrogens (tertiary/aromatic N) is 2.